The summed E-state index contributed by atoms with van der Waals surface area (Å²) in [6.07, 6.45) is 5.05. The van der Waals surface area contributed by atoms with Gasteiger partial charge < -0.3 is 10.1 Å². The molecule has 1 saturated heterocycles. The van der Waals surface area contributed by atoms with Crippen LogP contribution in [0.2, 0.25) is 0 Å². The number of hydrogen-bond donors (Lipinski definition) is 1. The Morgan fingerprint density at radius 2 is 2.46 bits per heavy atom. The largest absolute Gasteiger partial charge is 0.486 e. The predicted octanol–water partition coefficient (Wildman–Crippen LogP) is 0.846. The third-order valence-corrected chi connectivity index (χ3v) is 2.73. The quantitative estimate of drug-likeness (QED) is 0.838. The van der Waals surface area contributed by atoms with Crippen molar-refractivity contribution in [3.05, 3.63) is 22.0 Å². The van der Waals surface area contributed by atoms with Crippen molar-refractivity contribution in [1.82, 2.24) is 5.32 Å². The van der Waals surface area contributed by atoms with Crippen molar-refractivity contribution in [2.24, 2.45) is 0 Å². The molecule has 70 valence electrons. The molecule has 3 nitrogen and oxygen atoms in total. The lowest BCUT2D eigenvalue weighted by Gasteiger charge is -2.26. The van der Waals surface area contributed by atoms with Crippen LogP contribution in [0.5, 0.6) is 5.75 Å². The Labute approximate surface area is 91.0 Å². The standard InChI is InChI=1S/C9H11IN2O/c10-7-3-9(5-11-4-7)13-6-8-1-2-12-8/h3-5,8,12H,1-2,6H2/p+1/t8-/m0/s1. The van der Waals surface area contributed by atoms with Crippen molar-refractivity contribution >= 4 is 22.6 Å². The third kappa shape index (κ3) is 2.54. The monoisotopic (exact) mass is 291 g/mol. The molecule has 4 heteroatoms. The zero-order valence-corrected chi connectivity index (χ0v) is 9.37. The second kappa shape index (κ2) is 4.23. The maximum Gasteiger partial charge on any atom is 0.209 e. The van der Waals surface area contributed by atoms with Gasteiger partial charge in [-0.2, -0.15) is 0 Å². The molecule has 2 rings (SSSR count). The fourth-order valence-corrected chi connectivity index (χ4v) is 1.68. The summed E-state index contributed by atoms with van der Waals surface area (Å²) in [7, 11) is 0. The molecule has 0 aliphatic carbocycles. The zero-order chi connectivity index (χ0) is 9.10. The Bertz CT molecular complexity index is 289. The van der Waals surface area contributed by atoms with E-state index in [2.05, 4.69) is 32.9 Å². The molecule has 13 heavy (non-hydrogen) atoms. The van der Waals surface area contributed by atoms with Gasteiger partial charge in [0, 0.05) is 12.1 Å². The Balaban J connectivity index is 1.86. The Morgan fingerprint density at radius 1 is 1.62 bits per heavy atom. The van der Waals surface area contributed by atoms with Gasteiger partial charge in [0.25, 0.3) is 0 Å². The molecule has 0 radical (unpaired) electrons. The Morgan fingerprint density at radius 3 is 3.08 bits per heavy atom. The highest BCUT2D eigenvalue weighted by atomic mass is 127. The average Bonchev–Trinajstić information content (AvgIpc) is 2.01. The highest BCUT2D eigenvalue weighted by Crippen LogP contribution is 2.12. The van der Waals surface area contributed by atoms with Crippen LogP contribution in [0, 0.1) is 3.57 Å². The van der Waals surface area contributed by atoms with Crippen LogP contribution >= 0.6 is 22.6 Å². The maximum atomic E-state index is 5.59. The highest BCUT2D eigenvalue weighted by Gasteiger charge is 2.16. The molecule has 0 spiro atoms. The molecule has 1 aromatic heterocycles. The van der Waals surface area contributed by atoms with Gasteiger partial charge in [-0.15, -0.1) is 0 Å². The summed E-state index contributed by atoms with van der Waals surface area (Å²) in [4.78, 5) is 3.04. The SMILES string of the molecule is Ic1c[nH+]cc(OC[C@@H]2CCN2)c1. The number of rotatable bonds is 3. The van der Waals surface area contributed by atoms with E-state index in [-0.39, 0.29) is 0 Å². The van der Waals surface area contributed by atoms with Crippen molar-refractivity contribution in [3.63, 3.8) is 0 Å². The van der Waals surface area contributed by atoms with Gasteiger partial charge in [-0.3, -0.25) is 0 Å². The molecular weight excluding hydrogens is 279 g/mol. The van der Waals surface area contributed by atoms with E-state index >= 15 is 0 Å². The van der Waals surface area contributed by atoms with E-state index in [4.69, 9.17) is 4.74 Å². The van der Waals surface area contributed by atoms with Crippen LogP contribution in [-0.4, -0.2) is 19.2 Å². The minimum Gasteiger partial charge on any atom is -0.486 e. The number of aromatic nitrogens is 1. The molecule has 0 bridgehead atoms. The molecule has 1 aliphatic heterocycles. The van der Waals surface area contributed by atoms with Gasteiger partial charge in [0.2, 0.25) is 6.20 Å². The lowest BCUT2D eigenvalue weighted by atomic mass is 10.1. The van der Waals surface area contributed by atoms with Crippen LogP contribution in [0.1, 0.15) is 6.42 Å². The van der Waals surface area contributed by atoms with Crippen LogP contribution in [0.25, 0.3) is 0 Å². The van der Waals surface area contributed by atoms with Crippen LogP contribution in [0.3, 0.4) is 0 Å². The van der Waals surface area contributed by atoms with E-state index in [1.165, 1.54) is 6.42 Å². The first kappa shape index (κ1) is 9.21. The molecule has 0 unspecified atom stereocenters. The van der Waals surface area contributed by atoms with Crippen LogP contribution in [0.4, 0.5) is 0 Å². The number of aromatic amines is 1. The van der Waals surface area contributed by atoms with Crippen LogP contribution < -0.4 is 15.0 Å². The molecular formula is C9H12IN2O+. The van der Waals surface area contributed by atoms with Gasteiger partial charge in [-0.05, 0) is 35.6 Å². The van der Waals surface area contributed by atoms with Gasteiger partial charge in [-0.25, -0.2) is 4.98 Å². The van der Waals surface area contributed by atoms with Gasteiger partial charge in [-0.1, -0.05) is 0 Å². The minimum atomic E-state index is 0.554. The number of pyridine rings is 1. The van der Waals surface area contributed by atoms with Gasteiger partial charge in [0.15, 0.2) is 11.9 Å². The van der Waals surface area contributed by atoms with Crippen LogP contribution in [-0.2, 0) is 0 Å². The number of hydrogen-bond acceptors (Lipinski definition) is 2. The van der Waals surface area contributed by atoms with E-state index < -0.39 is 0 Å². The summed E-state index contributed by atoms with van der Waals surface area (Å²) in [6.45, 7) is 1.90. The Kier molecular flexibility index (Phi) is 3.00. The van der Waals surface area contributed by atoms with E-state index in [1.807, 2.05) is 18.5 Å². The summed E-state index contributed by atoms with van der Waals surface area (Å²) in [5, 5.41) is 3.29. The summed E-state index contributed by atoms with van der Waals surface area (Å²) in [5.41, 5.74) is 0. The fraction of sp³-hybridized carbons (Fsp3) is 0.444. The van der Waals surface area contributed by atoms with Crippen molar-refractivity contribution in [3.8, 4) is 5.75 Å². The lowest BCUT2D eigenvalue weighted by molar-refractivity contribution is -0.380. The van der Waals surface area contributed by atoms with E-state index in [0.717, 1.165) is 22.5 Å². The first-order valence-corrected chi connectivity index (χ1v) is 5.45. The molecule has 0 amide bonds. The second-order valence-corrected chi connectivity index (χ2v) is 4.38. The number of nitrogens with one attached hydrogen (secondary N) is 2. The molecule has 2 heterocycles. The first-order valence-electron chi connectivity index (χ1n) is 4.37. The van der Waals surface area contributed by atoms with Crippen molar-refractivity contribution in [2.75, 3.05) is 13.2 Å². The minimum absolute atomic E-state index is 0.554. The summed E-state index contributed by atoms with van der Waals surface area (Å²) < 4.78 is 6.76. The van der Waals surface area contributed by atoms with Gasteiger partial charge >= 0.3 is 0 Å². The molecule has 1 atom stereocenters. The highest BCUT2D eigenvalue weighted by molar-refractivity contribution is 14.1. The van der Waals surface area contributed by atoms with Crippen molar-refractivity contribution < 1.29 is 9.72 Å². The third-order valence-electron chi connectivity index (χ3n) is 2.10. The fourth-order valence-electron chi connectivity index (χ4n) is 1.19. The van der Waals surface area contributed by atoms with Crippen molar-refractivity contribution in [2.45, 2.75) is 12.5 Å². The van der Waals surface area contributed by atoms with Gasteiger partial charge in [0.1, 0.15) is 6.61 Å². The number of halogens is 1. The van der Waals surface area contributed by atoms with E-state index in [9.17, 15) is 0 Å². The maximum absolute atomic E-state index is 5.59. The van der Waals surface area contributed by atoms with Crippen LogP contribution in [0.15, 0.2) is 18.5 Å². The first-order chi connectivity index (χ1) is 6.34. The summed E-state index contributed by atoms with van der Waals surface area (Å²) >= 11 is 2.26. The molecule has 0 saturated carbocycles. The van der Waals surface area contributed by atoms with E-state index in [1.54, 1.807) is 0 Å². The van der Waals surface area contributed by atoms with Gasteiger partial charge in [0.05, 0.1) is 3.57 Å². The summed E-state index contributed by atoms with van der Waals surface area (Å²) in [5.74, 6) is 0.917. The molecule has 1 aliphatic rings. The topological polar surface area (TPSA) is 35.4 Å². The average molecular weight is 291 g/mol. The molecule has 0 aromatic carbocycles. The van der Waals surface area contributed by atoms with E-state index in [0.29, 0.717) is 6.04 Å². The number of H-pyrrole nitrogens is 1. The lowest BCUT2D eigenvalue weighted by Crippen LogP contribution is -2.46. The predicted molar refractivity (Wildman–Crippen MR) is 57.6 cm³/mol. The smallest absolute Gasteiger partial charge is 0.209 e. The second-order valence-electron chi connectivity index (χ2n) is 3.14. The zero-order valence-electron chi connectivity index (χ0n) is 7.22. The van der Waals surface area contributed by atoms with Crippen molar-refractivity contribution in [1.29, 1.82) is 0 Å². The molecule has 1 aromatic rings. The summed E-state index contributed by atoms with van der Waals surface area (Å²) in [6, 6.07) is 2.58. The molecule has 2 N–H and O–H groups in total. The number of ether oxygens (including phenoxy) is 1. The normalized spacial score (nSPS) is 20.8. The molecule has 1 fully saturated rings. The Hall–Kier alpha value is -0.360.